The number of benzene rings is 2. The fourth-order valence-electron chi connectivity index (χ4n) is 3.14. The van der Waals surface area contributed by atoms with E-state index in [0.29, 0.717) is 22.7 Å². The van der Waals surface area contributed by atoms with E-state index < -0.39 is 15.1 Å². The molecule has 3 rings (SSSR count). The quantitative estimate of drug-likeness (QED) is 0.780. The number of amides is 2. The fraction of sp³-hybridized carbons (Fsp3) is 0.333. The Morgan fingerprint density at radius 1 is 1.14 bits per heavy atom. The predicted molar refractivity (Wildman–Crippen MR) is 111 cm³/mol. The first-order valence-corrected chi connectivity index (χ1v) is 10.8. The van der Waals surface area contributed by atoms with Crippen LogP contribution in [0.15, 0.2) is 35.2 Å². The van der Waals surface area contributed by atoms with Crippen LogP contribution in [0.25, 0.3) is 0 Å². The topological polar surface area (TPSA) is 102 Å². The van der Waals surface area contributed by atoms with Gasteiger partial charge in [0.15, 0.2) is 16.4 Å². The predicted octanol–water partition coefficient (Wildman–Crippen LogP) is 3.13. The Morgan fingerprint density at radius 2 is 1.86 bits per heavy atom. The van der Waals surface area contributed by atoms with Gasteiger partial charge in [-0.15, -0.1) is 0 Å². The highest BCUT2D eigenvalue weighted by atomic mass is 32.2. The third-order valence-electron chi connectivity index (χ3n) is 5.01. The van der Waals surface area contributed by atoms with Gasteiger partial charge in [-0.25, -0.2) is 8.42 Å². The summed E-state index contributed by atoms with van der Waals surface area (Å²) >= 11 is 0. The molecule has 1 atom stereocenters. The molecule has 2 N–H and O–H groups in total. The van der Waals surface area contributed by atoms with Gasteiger partial charge in [0.25, 0.3) is 5.91 Å². The molecule has 2 aromatic carbocycles. The Hall–Kier alpha value is -2.87. The van der Waals surface area contributed by atoms with Crippen LogP contribution >= 0.6 is 0 Å². The van der Waals surface area contributed by atoms with Crippen molar-refractivity contribution in [3.8, 4) is 5.75 Å². The van der Waals surface area contributed by atoms with E-state index in [2.05, 4.69) is 10.6 Å². The summed E-state index contributed by atoms with van der Waals surface area (Å²) in [5.41, 5.74) is 3.71. The summed E-state index contributed by atoms with van der Waals surface area (Å²) in [6.45, 7) is 6.92. The van der Waals surface area contributed by atoms with E-state index in [0.717, 1.165) is 11.1 Å². The molecule has 2 amide bonds. The minimum absolute atomic E-state index is 0.0962. The van der Waals surface area contributed by atoms with E-state index in [1.165, 1.54) is 13.0 Å². The van der Waals surface area contributed by atoms with E-state index >= 15 is 0 Å². The summed E-state index contributed by atoms with van der Waals surface area (Å²) in [6.07, 6.45) is -0.177. The van der Waals surface area contributed by atoms with Crippen molar-refractivity contribution >= 4 is 33.0 Å². The lowest BCUT2D eigenvalue weighted by Gasteiger charge is -2.21. The Kier molecular flexibility index (Phi) is 5.66. The van der Waals surface area contributed by atoms with Crippen molar-refractivity contribution in [2.45, 2.75) is 44.3 Å². The maximum atomic E-state index is 13.1. The van der Waals surface area contributed by atoms with Gasteiger partial charge < -0.3 is 15.4 Å². The molecule has 0 saturated heterocycles. The van der Waals surface area contributed by atoms with Crippen LogP contribution in [0.5, 0.6) is 5.75 Å². The maximum Gasteiger partial charge on any atom is 0.262 e. The molecule has 1 aliphatic heterocycles. The van der Waals surface area contributed by atoms with Crippen LogP contribution in [0.1, 0.15) is 30.0 Å². The lowest BCUT2D eigenvalue weighted by Crippen LogP contribution is -2.27. The number of hydrogen-bond donors (Lipinski definition) is 2. The summed E-state index contributed by atoms with van der Waals surface area (Å²) in [5, 5.41) is 4.49. The SMILES string of the molecule is Cc1ccc(NC(=O)C[C@H](C)S(=O)(=O)c2cc3c(cc2C)NC(=O)CO3)cc1C. The molecule has 1 aliphatic rings. The third-order valence-corrected chi connectivity index (χ3v) is 7.29. The molecule has 0 unspecified atom stereocenters. The first-order valence-electron chi connectivity index (χ1n) is 9.26. The molecule has 0 bridgehead atoms. The van der Waals surface area contributed by atoms with Crippen LogP contribution in [0.2, 0.25) is 0 Å². The van der Waals surface area contributed by atoms with Crippen LogP contribution in [0.4, 0.5) is 11.4 Å². The number of carbonyl (C=O) groups excluding carboxylic acids is 2. The van der Waals surface area contributed by atoms with Gasteiger partial charge in [0, 0.05) is 18.2 Å². The van der Waals surface area contributed by atoms with Gasteiger partial charge in [-0.05, 0) is 62.6 Å². The lowest BCUT2D eigenvalue weighted by molar-refractivity contribution is -0.118. The number of rotatable bonds is 5. The number of carbonyl (C=O) groups is 2. The van der Waals surface area contributed by atoms with E-state index in [1.807, 2.05) is 26.0 Å². The Balaban J connectivity index is 1.77. The van der Waals surface area contributed by atoms with Crippen LogP contribution in [0.3, 0.4) is 0 Å². The largest absolute Gasteiger partial charge is 0.482 e. The highest BCUT2D eigenvalue weighted by Crippen LogP contribution is 2.34. The number of nitrogens with one attached hydrogen (secondary N) is 2. The normalized spacial score (nSPS) is 14.4. The van der Waals surface area contributed by atoms with Crippen molar-refractivity contribution < 1.29 is 22.7 Å². The lowest BCUT2D eigenvalue weighted by atomic mass is 10.1. The molecule has 2 aromatic rings. The van der Waals surface area contributed by atoms with E-state index in [1.54, 1.807) is 19.1 Å². The van der Waals surface area contributed by atoms with Crippen molar-refractivity contribution in [1.29, 1.82) is 0 Å². The number of ether oxygens (including phenoxy) is 1. The summed E-state index contributed by atoms with van der Waals surface area (Å²) in [5.74, 6) is -0.354. The highest BCUT2D eigenvalue weighted by molar-refractivity contribution is 7.92. The van der Waals surface area contributed by atoms with Crippen molar-refractivity contribution in [2.75, 3.05) is 17.2 Å². The second-order valence-corrected chi connectivity index (χ2v) is 9.69. The van der Waals surface area contributed by atoms with Crippen LogP contribution in [0, 0.1) is 20.8 Å². The zero-order valence-corrected chi connectivity index (χ0v) is 17.6. The molecule has 0 aromatic heterocycles. The van der Waals surface area contributed by atoms with Crippen LogP contribution in [-0.4, -0.2) is 32.1 Å². The molecular weight excluding hydrogens is 392 g/mol. The highest BCUT2D eigenvalue weighted by Gasteiger charge is 2.29. The molecule has 1 heterocycles. The van der Waals surface area contributed by atoms with E-state index in [9.17, 15) is 18.0 Å². The van der Waals surface area contributed by atoms with Crippen molar-refractivity contribution in [1.82, 2.24) is 0 Å². The first-order chi connectivity index (χ1) is 13.6. The van der Waals surface area contributed by atoms with E-state index in [4.69, 9.17) is 4.74 Å². The van der Waals surface area contributed by atoms with Crippen LogP contribution in [-0.2, 0) is 19.4 Å². The third kappa shape index (κ3) is 4.42. The maximum absolute atomic E-state index is 13.1. The summed E-state index contributed by atoms with van der Waals surface area (Å²) in [4.78, 5) is 23.9. The molecule has 154 valence electrons. The molecular formula is C21H24N2O5S. The standard InChI is InChI=1S/C21H24N2O5S/c1-12-5-6-16(7-13(12)2)22-20(24)9-15(4)29(26,27)19-10-18-17(8-14(19)3)23-21(25)11-28-18/h5-8,10,15H,9,11H2,1-4H3,(H,22,24)(H,23,25)/t15-/m0/s1. The van der Waals surface area contributed by atoms with E-state index in [-0.39, 0.29) is 29.7 Å². The van der Waals surface area contributed by atoms with Crippen molar-refractivity contribution in [3.63, 3.8) is 0 Å². The van der Waals surface area contributed by atoms with Gasteiger partial charge in [0.2, 0.25) is 5.91 Å². The molecule has 8 heteroatoms. The van der Waals surface area contributed by atoms with Gasteiger partial charge in [0.05, 0.1) is 15.8 Å². The van der Waals surface area contributed by atoms with Crippen molar-refractivity contribution in [2.24, 2.45) is 0 Å². The average Bonchev–Trinajstić information content (AvgIpc) is 2.63. The Bertz CT molecular complexity index is 1090. The Labute approximate surface area is 170 Å². The van der Waals surface area contributed by atoms with Crippen LogP contribution < -0.4 is 15.4 Å². The second kappa shape index (κ2) is 7.87. The molecule has 0 aliphatic carbocycles. The monoisotopic (exact) mass is 416 g/mol. The van der Waals surface area contributed by atoms with Gasteiger partial charge >= 0.3 is 0 Å². The first kappa shape index (κ1) is 20.9. The smallest absolute Gasteiger partial charge is 0.262 e. The number of anilines is 2. The summed E-state index contributed by atoms with van der Waals surface area (Å²) in [7, 11) is -3.77. The van der Waals surface area contributed by atoms with Gasteiger partial charge in [0.1, 0.15) is 5.75 Å². The summed E-state index contributed by atoms with van der Waals surface area (Å²) in [6, 6.07) is 8.53. The second-order valence-electron chi connectivity index (χ2n) is 7.36. The minimum Gasteiger partial charge on any atom is -0.482 e. The number of aryl methyl sites for hydroxylation is 3. The zero-order chi connectivity index (χ0) is 21.3. The zero-order valence-electron chi connectivity index (χ0n) is 16.8. The molecule has 0 saturated carbocycles. The fourth-order valence-corrected chi connectivity index (χ4v) is 4.72. The van der Waals surface area contributed by atoms with Gasteiger partial charge in [-0.2, -0.15) is 0 Å². The minimum atomic E-state index is -3.77. The molecule has 0 fully saturated rings. The van der Waals surface area contributed by atoms with Gasteiger partial charge in [-0.1, -0.05) is 6.07 Å². The summed E-state index contributed by atoms with van der Waals surface area (Å²) < 4.78 is 31.5. The molecule has 0 radical (unpaired) electrons. The average molecular weight is 416 g/mol. The molecule has 0 spiro atoms. The number of sulfone groups is 1. The number of fused-ring (bicyclic) bond motifs is 1. The Morgan fingerprint density at radius 3 is 2.55 bits per heavy atom. The van der Waals surface area contributed by atoms with Crippen molar-refractivity contribution in [3.05, 3.63) is 47.0 Å². The molecule has 7 nitrogen and oxygen atoms in total. The molecule has 29 heavy (non-hydrogen) atoms. The van der Waals surface area contributed by atoms with Gasteiger partial charge in [-0.3, -0.25) is 9.59 Å². The number of hydrogen-bond acceptors (Lipinski definition) is 5.